The van der Waals surface area contributed by atoms with Gasteiger partial charge < -0.3 is 5.32 Å². The number of aromatic nitrogens is 2. The van der Waals surface area contributed by atoms with Gasteiger partial charge in [0.15, 0.2) is 0 Å². The Hall–Kier alpha value is -1.85. The molecule has 1 amide bonds. The molecule has 0 bridgehead atoms. The summed E-state index contributed by atoms with van der Waals surface area (Å²) in [6.07, 6.45) is 0. The van der Waals surface area contributed by atoms with E-state index in [1.807, 2.05) is 13.0 Å². The SMILES string of the molecule is CC(=O)C(=O)Nc1c(C)nn(Cc2ccc(Cl)c(Cl)c2)c1C. The Balaban J connectivity index is 2.27. The van der Waals surface area contributed by atoms with Gasteiger partial charge in [-0.05, 0) is 31.5 Å². The molecule has 0 aliphatic heterocycles. The van der Waals surface area contributed by atoms with Crippen molar-refractivity contribution >= 4 is 40.6 Å². The number of aryl methyl sites for hydroxylation is 1. The number of rotatable bonds is 4. The lowest BCUT2D eigenvalue weighted by atomic mass is 10.2. The minimum atomic E-state index is -0.653. The van der Waals surface area contributed by atoms with E-state index in [1.165, 1.54) is 6.92 Å². The van der Waals surface area contributed by atoms with E-state index in [-0.39, 0.29) is 0 Å². The molecule has 0 unspecified atom stereocenters. The van der Waals surface area contributed by atoms with Crippen LogP contribution in [0.25, 0.3) is 0 Å². The van der Waals surface area contributed by atoms with Crippen molar-refractivity contribution in [3.05, 3.63) is 45.2 Å². The van der Waals surface area contributed by atoms with Gasteiger partial charge in [-0.2, -0.15) is 5.10 Å². The van der Waals surface area contributed by atoms with Gasteiger partial charge in [0.05, 0.1) is 33.7 Å². The van der Waals surface area contributed by atoms with Crippen LogP contribution < -0.4 is 5.32 Å². The highest BCUT2D eigenvalue weighted by Crippen LogP contribution is 2.24. The van der Waals surface area contributed by atoms with Crippen molar-refractivity contribution in [3.63, 3.8) is 0 Å². The summed E-state index contributed by atoms with van der Waals surface area (Å²) >= 11 is 11.9. The molecule has 2 aromatic rings. The second-order valence-corrected chi connectivity index (χ2v) is 5.78. The van der Waals surface area contributed by atoms with Crippen molar-refractivity contribution in [2.75, 3.05) is 5.32 Å². The van der Waals surface area contributed by atoms with E-state index < -0.39 is 11.7 Å². The lowest BCUT2D eigenvalue weighted by Crippen LogP contribution is -2.20. The Morgan fingerprint density at radius 2 is 1.91 bits per heavy atom. The van der Waals surface area contributed by atoms with Gasteiger partial charge in [0.2, 0.25) is 5.78 Å². The number of halogens is 2. The largest absolute Gasteiger partial charge is 0.316 e. The number of carbonyl (C=O) groups is 2. The van der Waals surface area contributed by atoms with E-state index >= 15 is 0 Å². The summed E-state index contributed by atoms with van der Waals surface area (Å²) in [6.45, 7) is 5.31. The number of Topliss-reactive ketones (excluding diaryl/α,β-unsaturated/α-hetero) is 1. The molecule has 0 aliphatic carbocycles. The third-order valence-corrected chi connectivity index (χ3v) is 4.00. The van der Waals surface area contributed by atoms with Crippen LogP contribution in [-0.2, 0) is 16.1 Å². The molecule has 0 saturated heterocycles. The van der Waals surface area contributed by atoms with E-state index in [2.05, 4.69) is 10.4 Å². The molecule has 0 fully saturated rings. The molecule has 0 spiro atoms. The van der Waals surface area contributed by atoms with Crippen LogP contribution in [0.4, 0.5) is 5.69 Å². The Kier molecular flexibility index (Phi) is 4.88. The highest BCUT2D eigenvalue weighted by atomic mass is 35.5. The van der Waals surface area contributed by atoms with E-state index in [0.717, 1.165) is 11.3 Å². The van der Waals surface area contributed by atoms with E-state index in [9.17, 15) is 9.59 Å². The Morgan fingerprint density at radius 3 is 2.50 bits per heavy atom. The highest BCUT2D eigenvalue weighted by molar-refractivity contribution is 6.42. The third-order valence-electron chi connectivity index (χ3n) is 3.26. The minimum Gasteiger partial charge on any atom is -0.316 e. The second kappa shape index (κ2) is 6.50. The zero-order chi connectivity index (χ0) is 16.4. The number of hydrogen-bond acceptors (Lipinski definition) is 3. The average molecular weight is 340 g/mol. The Labute approximate surface area is 138 Å². The number of hydrogen-bond donors (Lipinski definition) is 1. The number of amides is 1. The maximum Gasteiger partial charge on any atom is 0.291 e. The fourth-order valence-electron chi connectivity index (χ4n) is 2.04. The minimum absolute atomic E-state index is 0.478. The van der Waals surface area contributed by atoms with E-state index in [1.54, 1.807) is 23.7 Å². The number of carbonyl (C=O) groups excluding carboxylic acids is 2. The van der Waals surface area contributed by atoms with Gasteiger partial charge in [-0.15, -0.1) is 0 Å². The maximum absolute atomic E-state index is 11.5. The molecule has 7 heteroatoms. The first-order valence-electron chi connectivity index (χ1n) is 6.59. The van der Waals surface area contributed by atoms with Gasteiger partial charge in [-0.1, -0.05) is 29.3 Å². The zero-order valence-electron chi connectivity index (χ0n) is 12.4. The Bertz CT molecular complexity index is 753. The van der Waals surface area contributed by atoms with Crippen molar-refractivity contribution in [2.24, 2.45) is 0 Å². The Morgan fingerprint density at radius 1 is 1.23 bits per heavy atom. The standard InChI is InChI=1S/C15H15Cl2N3O2/c1-8-14(18-15(22)10(3)21)9(2)20(19-8)7-11-4-5-12(16)13(17)6-11/h4-6H,7H2,1-3H3,(H,18,22). The molecule has 22 heavy (non-hydrogen) atoms. The van der Waals surface area contributed by atoms with Gasteiger partial charge >= 0.3 is 0 Å². The van der Waals surface area contributed by atoms with Crippen molar-refractivity contribution in [1.82, 2.24) is 9.78 Å². The van der Waals surface area contributed by atoms with Crippen LogP contribution in [0, 0.1) is 13.8 Å². The van der Waals surface area contributed by atoms with E-state index in [0.29, 0.717) is 28.0 Å². The number of nitrogens with zero attached hydrogens (tertiary/aromatic N) is 2. The molecule has 5 nitrogen and oxygen atoms in total. The van der Waals surface area contributed by atoms with Crippen molar-refractivity contribution in [1.29, 1.82) is 0 Å². The summed E-state index contributed by atoms with van der Waals surface area (Å²) in [5.41, 5.74) is 2.90. The summed E-state index contributed by atoms with van der Waals surface area (Å²) in [5, 5.41) is 7.94. The van der Waals surface area contributed by atoms with Gasteiger partial charge in [0.1, 0.15) is 0 Å². The predicted molar refractivity (Wildman–Crippen MR) is 86.6 cm³/mol. The summed E-state index contributed by atoms with van der Waals surface area (Å²) < 4.78 is 1.74. The fraction of sp³-hybridized carbons (Fsp3) is 0.267. The molecular weight excluding hydrogens is 325 g/mol. The number of anilines is 1. The van der Waals surface area contributed by atoms with Crippen LogP contribution in [0.2, 0.25) is 10.0 Å². The van der Waals surface area contributed by atoms with Crippen LogP contribution in [0.5, 0.6) is 0 Å². The number of nitrogens with one attached hydrogen (secondary N) is 1. The molecular formula is C15H15Cl2N3O2. The topological polar surface area (TPSA) is 64.0 Å². The van der Waals surface area contributed by atoms with Crippen LogP contribution in [0.1, 0.15) is 23.9 Å². The van der Waals surface area contributed by atoms with Gasteiger partial charge in [0, 0.05) is 6.92 Å². The van der Waals surface area contributed by atoms with Crippen molar-refractivity contribution < 1.29 is 9.59 Å². The molecule has 116 valence electrons. The summed E-state index contributed by atoms with van der Waals surface area (Å²) in [6, 6.07) is 5.36. The average Bonchev–Trinajstić information content (AvgIpc) is 2.70. The highest BCUT2D eigenvalue weighted by Gasteiger charge is 2.16. The lowest BCUT2D eigenvalue weighted by molar-refractivity contribution is -0.133. The number of benzene rings is 1. The fourth-order valence-corrected chi connectivity index (χ4v) is 2.36. The third kappa shape index (κ3) is 3.48. The van der Waals surface area contributed by atoms with Gasteiger partial charge in [-0.3, -0.25) is 14.3 Å². The molecule has 1 aromatic heterocycles. The molecule has 0 saturated carbocycles. The van der Waals surface area contributed by atoms with Crippen LogP contribution in [-0.4, -0.2) is 21.5 Å². The lowest BCUT2D eigenvalue weighted by Gasteiger charge is -2.07. The molecule has 0 radical (unpaired) electrons. The van der Waals surface area contributed by atoms with Crippen molar-refractivity contribution in [3.8, 4) is 0 Å². The molecule has 0 aliphatic rings. The summed E-state index contributed by atoms with van der Waals surface area (Å²) in [7, 11) is 0. The first-order valence-corrected chi connectivity index (χ1v) is 7.35. The van der Waals surface area contributed by atoms with Crippen LogP contribution >= 0.6 is 23.2 Å². The maximum atomic E-state index is 11.5. The van der Waals surface area contributed by atoms with Gasteiger partial charge in [0.25, 0.3) is 5.91 Å². The van der Waals surface area contributed by atoms with Gasteiger partial charge in [-0.25, -0.2) is 0 Å². The molecule has 1 aromatic carbocycles. The smallest absolute Gasteiger partial charge is 0.291 e. The monoisotopic (exact) mass is 339 g/mol. The summed E-state index contributed by atoms with van der Waals surface area (Å²) in [5.74, 6) is -1.20. The molecule has 2 rings (SSSR count). The van der Waals surface area contributed by atoms with Crippen molar-refractivity contribution in [2.45, 2.75) is 27.3 Å². The van der Waals surface area contributed by atoms with Crippen LogP contribution in [0.3, 0.4) is 0 Å². The second-order valence-electron chi connectivity index (χ2n) is 4.96. The quantitative estimate of drug-likeness (QED) is 0.868. The first kappa shape index (κ1) is 16.5. The number of ketones is 1. The zero-order valence-corrected chi connectivity index (χ0v) is 13.9. The van der Waals surface area contributed by atoms with E-state index in [4.69, 9.17) is 23.2 Å². The summed E-state index contributed by atoms with van der Waals surface area (Å²) in [4.78, 5) is 22.6. The predicted octanol–water partition coefficient (Wildman–Crippen LogP) is 3.38. The normalized spacial score (nSPS) is 10.6. The molecule has 0 atom stereocenters. The molecule has 1 heterocycles. The van der Waals surface area contributed by atoms with Crippen LogP contribution in [0.15, 0.2) is 18.2 Å². The first-order chi connectivity index (χ1) is 10.3. The molecule has 1 N–H and O–H groups in total.